The van der Waals surface area contributed by atoms with Gasteiger partial charge in [0.1, 0.15) is 5.84 Å². The van der Waals surface area contributed by atoms with E-state index >= 15 is 0 Å². The number of aliphatic imine (C=N–C) groups is 2. The molecule has 5 aliphatic carbocycles. The molecule has 1 aliphatic heterocycles. The maximum atomic E-state index is 5.55. The molecule has 0 radical (unpaired) electrons. The second kappa shape index (κ2) is 15.1. The van der Waals surface area contributed by atoms with E-state index < -0.39 is 0 Å². The molecular formula is C56H47N3. The van der Waals surface area contributed by atoms with Crippen LogP contribution in [0.5, 0.6) is 0 Å². The number of rotatable bonds is 6. The average Bonchev–Trinajstić information content (AvgIpc) is 3.31. The van der Waals surface area contributed by atoms with E-state index in [0.29, 0.717) is 11.8 Å². The summed E-state index contributed by atoms with van der Waals surface area (Å²) in [4.78, 5) is 15.6. The van der Waals surface area contributed by atoms with Gasteiger partial charge in [-0.05, 0) is 98.5 Å². The Labute approximate surface area is 347 Å². The van der Waals surface area contributed by atoms with Crippen molar-refractivity contribution in [3.63, 3.8) is 0 Å². The Bertz CT molecular complexity index is 2930. The Morgan fingerprint density at radius 1 is 0.627 bits per heavy atom. The van der Waals surface area contributed by atoms with E-state index in [1.807, 2.05) is 12.4 Å². The van der Waals surface area contributed by atoms with Gasteiger partial charge in [-0.25, -0.2) is 4.99 Å². The number of fused-ring (bicyclic) bond motifs is 5. The molecule has 1 aromatic heterocycles. The number of hydrogen-bond donors (Lipinski definition) is 0. The third-order valence-electron chi connectivity index (χ3n) is 13.5. The molecule has 0 saturated carbocycles. The molecule has 5 aromatic rings. The van der Waals surface area contributed by atoms with Gasteiger partial charge in [-0.3, -0.25) is 9.98 Å². The fraction of sp³-hybridized carbons (Fsp3) is 0.196. The molecule has 11 rings (SSSR count). The molecule has 3 nitrogen and oxygen atoms in total. The molecular weight excluding hydrogens is 715 g/mol. The van der Waals surface area contributed by atoms with Crippen molar-refractivity contribution < 1.29 is 0 Å². The summed E-state index contributed by atoms with van der Waals surface area (Å²) in [6, 6.07) is 28.6. The van der Waals surface area contributed by atoms with Crippen LogP contribution in [0.2, 0.25) is 0 Å². The number of nitrogens with zero attached hydrogens (tertiary/aromatic N) is 3. The molecule has 0 saturated heterocycles. The highest BCUT2D eigenvalue weighted by Crippen LogP contribution is 2.41. The van der Waals surface area contributed by atoms with Crippen LogP contribution in [0.15, 0.2) is 209 Å². The summed E-state index contributed by atoms with van der Waals surface area (Å²) in [5.74, 6) is 2.16. The number of amidine groups is 1. The van der Waals surface area contributed by atoms with Gasteiger partial charge in [0.05, 0.1) is 6.04 Å². The van der Waals surface area contributed by atoms with Crippen LogP contribution in [0.3, 0.4) is 0 Å². The maximum Gasteiger partial charge on any atom is 0.131 e. The molecule has 0 fully saturated rings. The summed E-state index contributed by atoms with van der Waals surface area (Å²) >= 11 is 0. The number of allylic oxidation sites excluding steroid dienone is 17. The zero-order chi connectivity index (χ0) is 39.3. The van der Waals surface area contributed by atoms with Gasteiger partial charge in [-0.1, -0.05) is 164 Å². The number of aromatic nitrogens is 1. The van der Waals surface area contributed by atoms with E-state index in [1.165, 1.54) is 82.6 Å². The first-order valence-electron chi connectivity index (χ1n) is 21.4. The van der Waals surface area contributed by atoms with Gasteiger partial charge < -0.3 is 0 Å². The lowest BCUT2D eigenvalue weighted by Crippen LogP contribution is -2.31. The summed E-state index contributed by atoms with van der Waals surface area (Å²) in [5.41, 5.74) is 11.7. The van der Waals surface area contributed by atoms with Gasteiger partial charge in [0.2, 0.25) is 0 Å². The highest BCUT2D eigenvalue weighted by atomic mass is 15.0. The fourth-order valence-corrected chi connectivity index (χ4v) is 10.2. The standard InChI is InChI=1S/C56H47N3/c1-36-10-8-14-43-30-42(28-29-47(36)43)41-13-9-15-45(31-41)55-33-54(39-24-20-38(21-25-39)53-35-57-34-46-12-3-5-17-49(46)53)58-56(59-55)40-26-22-37(23-27-40)52-32-44-11-2-4-16-48(44)50-18-6-7-19-51(50)52/h2-9,11-24,26,28,30,32,34-35,39-41,47,54H,1,10,25,27,29,31,33H2/t39-,40?,41?,47?,54+/m0/s1. The van der Waals surface area contributed by atoms with E-state index in [9.17, 15) is 0 Å². The van der Waals surface area contributed by atoms with Gasteiger partial charge in [0, 0.05) is 59.1 Å². The van der Waals surface area contributed by atoms with Gasteiger partial charge in [0.15, 0.2) is 0 Å². The lowest BCUT2D eigenvalue weighted by atomic mass is 9.75. The molecule has 286 valence electrons. The molecule has 3 unspecified atom stereocenters. The van der Waals surface area contributed by atoms with Crippen molar-refractivity contribution in [1.29, 1.82) is 0 Å². The van der Waals surface area contributed by atoms with E-state index in [0.717, 1.165) is 44.4 Å². The molecule has 4 aromatic carbocycles. The third kappa shape index (κ3) is 6.69. The van der Waals surface area contributed by atoms with Crippen LogP contribution < -0.4 is 0 Å². The monoisotopic (exact) mass is 761 g/mol. The average molecular weight is 762 g/mol. The topological polar surface area (TPSA) is 37.6 Å². The highest BCUT2D eigenvalue weighted by Gasteiger charge is 2.32. The van der Waals surface area contributed by atoms with Gasteiger partial charge in [0.25, 0.3) is 0 Å². The van der Waals surface area contributed by atoms with Crippen molar-refractivity contribution in [3.05, 3.63) is 210 Å². The Morgan fingerprint density at radius 2 is 1.41 bits per heavy atom. The lowest BCUT2D eigenvalue weighted by molar-refractivity contribution is 0.511. The predicted octanol–water partition coefficient (Wildman–Crippen LogP) is 13.7. The fourth-order valence-electron chi connectivity index (χ4n) is 10.2. The smallest absolute Gasteiger partial charge is 0.131 e. The minimum atomic E-state index is 0.112. The number of benzene rings is 4. The summed E-state index contributed by atoms with van der Waals surface area (Å²) in [6.45, 7) is 4.38. The summed E-state index contributed by atoms with van der Waals surface area (Å²) in [6.07, 6.45) is 40.3. The summed E-state index contributed by atoms with van der Waals surface area (Å²) in [5, 5.41) is 7.58. The molecule has 6 aliphatic rings. The number of hydrogen-bond acceptors (Lipinski definition) is 3. The zero-order valence-corrected chi connectivity index (χ0v) is 33.3. The van der Waals surface area contributed by atoms with Gasteiger partial charge in [-0.2, -0.15) is 0 Å². The van der Waals surface area contributed by atoms with E-state index in [-0.39, 0.29) is 17.9 Å². The molecule has 5 atom stereocenters. The first-order valence-corrected chi connectivity index (χ1v) is 21.4. The van der Waals surface area contributed by atoms with Crippen molar-refractivity contribution in [2.75, 3.05) is 0 Å². The van der Waals surface area contributed by atoms with E-state index in [2.05, 4.69) is 169 Å². The summed E-state index contributed by atoms with van der Waals surface area (Å²) in [7, 11) is 0. The van der Waals surface area contributed by atoms with Crippen LogP contribution in [0.4, 0.5) is 0 Å². The van der Waals surface area contributed by atoms with Crippen LogP contribution in [-0.2, 0) is 0 Å². The Kier molecular flexibility index (Phi) is 9.11. The van der Waals surface area contributed by atoms with E-state index in [4.69, 9.17) is 9.98 Å². The molecule has 0 amide bonds. The second-order valence-corrected chi connectivity index (χ2v) is 17.0. The van der Waals surface area contributed by atoms with Crippen molar-refractivity contribution in [2.45, 2.75) is 44.6 Å². The minimum Gasteiger partial charge on any atom is -0.266 e. The molecule has 2 heterocycles. The maximum absolute atomic E-state index is 5.55. The van der Waals surface area contributed by atoms with E-state index in [1.54, 1.807) is 0 Å². The Hall–Kier alpha value is -6.45. The zero-order valence-electron chi connectivity index (χ0n) is 33.3. The molecule has 0 N–H and O–H groups in total. The van der Waals surface area contributed by atoms with Crippen LogP contribution in [0, 0.1) is 23.7 Å². The highest BCUT2D eigenvalue weighted by molar-refractivity contribution is 6.13. The predicted molar refractivity (Wildman–Crippen MR) is 249 cm³/mol. The molecule has 0 bridgehead atoms. The van der Waals surface area contributed by atoms with Crippen LogP contribution >= 0.6 is 0 Å². The number of pyridine rings is 1. The Morgan fingerprint density at radius 3 is 2.25 bits per heavy atom. The van der Waals surface area contributed by atoms with Crippen molar-refractivity contribution in [1.82, 2.24) is 4.98 Å². The van der Waals surface area contributed by atoms with Crippen LogP contribution in [0.25, 0.3) is 43.5 Å². The third-order valence-corrected chi connectivity index (χ3v) is 13.5. The lowest BCUT2D eigenvalue weighted by Gasteiger charge is -2.32. The molecule has 59 heavy (non-hydrogen) atoms. The van der Waals surface area contributed by atoms with Gasteiger partial charge >= 0.3 is 0 Å². The normalized spacial score (nSPS) is 25.2. The van der Waals surface area contributed by atoms with Crippen molar-refractivity contribution in [2.24, 2.45) is 33.7 Å². The molecule has 0 spiro atoms. The first-order chi connectivity index (χ1) is 29.1. The first kappa shape index (κ1) is 35.7. The van der Waals surface area contributed by atoms with Crippen LogP contribution in [-0.4, -0.2) is 22.6 Å². The van der Waals surface area contributed by atoms with Crippen molar-refractivity contribution in [3.8, 4) is 0 Å². The SMILES string of the molecule is C=C1CC=CC2=CC(C3C=CC=C(C4=NC(C5C=CC(c6cc7ccccc7c7ccccc67)=CC5)=N[C@@H]([C@H]5C=CC(c6cncc7ccccc67)=CC5)C4)C3)=CCC12. The minimum absolute atomic E-state index is 0.112. The van der Waals surface area contributed by atoms with Crippen LogP contribution in [0.1, 0.15) is 49.7 Å². The van der Waals surface area contributed by atoms with Crippen molar-refractivity contribution >= 4 is 55.0 Å². The second-order valence-electron chi connectivity index (χ2n) is 17.0. The van der Waals surface area contributed by atoms with Gasteiger partial charge in [-0.15, -0.1) is 0 Å². The quantitative estimate of drug-likeness (QED) is 0.125. The molecule has 3 heteroatoms. The summed E-state index contributed by atoms with van der Waals surface area (Å²) < 4.78 is 0. The largest absolute Gasteiger partial charge is 0.266 e. The Balaban J connectivity index is 0.897.